The topological polar surface area (TPSA) is 32.3 Å². The third-order valence-electron chi connectivity index (χ3n) is 2.75. The largest absolute Gasteiger partial charge is 0.310 e. The van der Waals surface area contributed by atoms with Crippen molar-refractivity contribution in [3.63, 3.8) is 0 Å². The van der Waals surface area contributed by atoms with Gasteiger partial charge in [-0.3, -0.25) is 4.79 Å². The van der Waals surface area contributed by atoms with E-state index in [0.29, 0.717) is 12.2 Å². The van der Waals surface area contributed by atoms with Gasteiger partial charge in [0.2, 0.25) is 5.91 Å². The van der Waals surface area contributed by atoms with Crippen molar-refractivity contribution in [2.45, 2.75) is 12.5 Å². The van der Waals surface area contributed by atoms with Crippen LogP contribution in [0.4, 0.5) is 10.1 Å². The van der Waals surface area contributed by atoms with Crippen LogP contribution >= 0.6 is 15.9 Å². The molecule has 1 heterocycles. The van der Waals surface area contributed by atoms with Crippen molar-refractivity contribution in [2.24, 2.45) is 0 Å². The summed E-state index contributed by atoms with van der Waals surface area (Å²) >= 11 is 3.33. The average Bonchev–Trinajstić information content (AvgIpc) is 2.63. The molecule has 1 fully saturated rings. The molecule has 0 saturated carbocycles. The first-order chi connectivity index (χ1) is 7.63. The zero-order valence-corrected chi connectivity index (χ0v) is 10.4. The van der Waals surface area contributed by atoms with Gasteiger partial charge in [-0.25, -0.2) is 4.39 Å². The molecule has 5 heteroatoms. The van der Waals surface area contributed by atoms with Crippen LogP contribution in [0.1, 0.15) is 6.42 Å². The summed E-state index contributed by atoms with van der Waals surface area (Å²) in [7, 11) is 1.76. The standard InChI is InChI=1S/C11H12BrFN2O/c1-14-9-4-5-15(11(9)16)10-6-7(13)2-3-8(10)12/h2-3,6,9,14H,4-5H2,1H3. The first-order valence-corrected chi connectivity index (χ1v) is 5.86. The predicted octanol–water partition coefficient (Wildman–Crippen LogP) is 1.91. The van der Waals surface area contributed by atoms with Crippen LogP contribution in [0, 0.1) is 5.82 Å². The lowest BCUT2D eigenvalue weighted by atomic mass is 10.2. The molecule has 0 aromatic heterocycles. The van der Waals surface area contributed by atoms with Gasteiger partial charge in [-0.1, -0.05) is 0 Å². The zero-order chi connectivity index (χ0) is 11.7. The Morgan fingerprint density at radius 2 is 2.31 bits per heavy atom. The van der Waals surface area contributed by atoms with Crippen molar-refractivity contribution in [1.82, 2.24) is 5.32 Å². The third-order valence-corrected chi connectivity index (χ3v) is 3.42. The fourth-order valence-electron chi connectivity index (χ4n) is 1.88. The average molecular weight is 287 g/mol. The second-order valence-corrected chi connectivity index (χ2v) is 4.57. The SMILES string of the molecule is CNC1CCN(c2cc(F)ccc2Br)C1=O. The van der Waals surface area contributed by atoms with Crippen molar-refractivity contribution in [1.29, 1.82) is 0 Å². The van der Waals surface area contributed by atoms with Crippen LogP contribution in [0.2, 0.25) is 0 Å². The maximum absolute atomic E-state index is 13.1. The van der Waals surface area contributed by atoms with Gasteiger partial charge in [-0.2, -0.15) is 0 Å². The monoisotopic (exact) mass is 286 g/mol. The molecule has 0 radical (unpaired) electrons. The lowest BCUT2D eigenvalue weighted by molar-refractivity contribution is -0.118. The number of rotatable bonds is 2. The van der Waals surface area contributed by atoms with Gasteiger partial charge in [0.1, 0.15) is 5.82 Å². The summed E-state index contributed by atoms with van der Waals surface area (Å²) in [6.07, 6.45) is 0.748. The molecule has 1 aliphatic rings. The summed E-state index contributed by atoms with van der Waals surface area (Å²) in [5.74, 6) is -0.340. The normalized spacial score (nSPS) is 20.6. The van der Waals surface area contributed by atoms with E-state index in [1.54, 1.807) is 18.0 Å². The molecule has 1 N–H and O–H groups in total. The second kappa shape index (κ2) is 4.51. The Hall–Kier alpha value is -0.940. The predicted molar refractivity (Wildman–Crippen MR) is 63.9 cm³/mol. The number of likely N-dealkylation sites (N-methyl/N-ethyl adjacent to an activating group) is 1. The third kappa shape index (κ3) is 1.97. The lowest BCUT2D eigenvalue weighted by Gasteiger charge is -2.18. The van der Waals surface area contributed by atoms with E-state index in [1.165, 1.54) is 12.1 Å². The minimum atomic E-state index is -0.334. The Kier molecular flexibility index (Phi) is 3.25. The van der Waals surface area contributed by atoms with Gasteiger partial charge in [0.25, 0.3) is 0 Å². The Morgan fingerprint density at radius 3 is 2.94 bits per heavy atom. The summed E-state index contributed by atoms with van der Waals surface area (Å²) in [6.45, 7) is 0.617. The van der Waals surface area contributed by atoms with Crippen molar-refractivity contribution in [3.05, 3.63) is 28.5 Å². The van der Waals surface area contributed by atoms with E-state index in [4.69, 9.17) is 0 Å². The van der Waals surface area contributed by atoms with Crippen molar-refractivity contribution < 1.29 is 9.18 Å². The maximum Gasteiger partial charge on any atom is 0.244 e. The van der Waals surface area contributed by atoms with Crippen LogP contribution in [0.5, 0.6) is 0 Å². The smallest absolute Gasteiger partial charge is 0.244 e. The molecule has 1 saturated heterocycles. The van der Waals surface area contributed by atoms with E-state index in [0.717, 1.165) is 10.9 Å². The molecule has 0 spiro atoms. The number of carbonyl (C=O) groups excluding carboxylic acids is 1. The van der Waals surface area contributed by atoms with Crippen LogP contribution in [0.25, 0.3) is 0 Å². The number of carbonyl (C=O) groups is 1. The number of nitrogens with one attached hydrogen (secondary N) is 1. The van der Waals surface area contributed by atoms with Gasteiger partial charge in [-0.05, 0) is 47.6 Å². The molecule has 3 nitrogen and oxygen atoms in total. The quantitative estimate of drug-likeness (QED) is 0.901. The summed E-state index contributed by atoms with van der Waals surface area (Å²) in [4.78, 5) is 13.5. The molecule has 0 bridgehead atoms. The maximum atomic E-state index is 13.1. The first-order valence-electron chi connectivity index (χ1n) is 5.07. The van der Waals surface area contributed by atoms with Gasteiger partial charge in [0.05, 0.1) is 11.7 Å². The second-order valence-electron chi connectivity index (χ2n) is 3.72. The van der Waals surface area contributed by atoms with E-state index in [9.17, 15) is 9.18 Å². The number of hydrogen-bond donors (Lipinski definition) is 1. The molecule has 1 amide bonds. The number of halogens is 2. The molecule has 0 aliphatic carbocycles. The van der Waals surface area contributed by atoms with Crippen molar-refractivity contribution in [2.75, 3.05) is 18.5 Å². The highest BCUT2D eigenvalue weighted by Gasteiger charge is 2.32. The number of anilines is 1. The van der Waals surface area contributed by atoms with Gasteiger partial charge in [0, 0.05) is 11.0 Å². The summed E-state index contributed by atoms with van der Waals surface area (Å²) < 4.78 is 13.9. The number of hydrogen-bond acceptors (Lipinski definition) is 2. The number of nitrogens with zero attached hydrogens (tertiary/aromatic N) is 1. The highest BCUT2D eigenvalue weighted by molar-refractivity contribution is 9.10. The minimum Gasteiger partial charge on any atom is -0.310 e. The molecule has 1 atom stereocenters. The van der Waals surface area contributed by atoms with Crippen molar-refractivity contribution >= 4 is 27.5 Å². The van der Waals surface area contributed by atoms with Crippen molar-refractivity contribution in [3.8, 4) is 0 Å². The Bertz CT molecular complexity index is 424. The minimum absolute atomic E-state index is 0.00574. The zero-order valence-electron chi connectivity index (χ0n) is 8.84. The first kappa shape index (κ1) is 11.5. The molecule has 1 aromatic carbocycles. The van der Waals surface area contributed by atoms with E-state index in [2.05, 4.69) is 21.2 Å². The molecular weight excluding hydrogens is 275 g/mol. The molecular formula is C11H12BrFN2O. The molecule has 1 aromatic rings. The van der Waals surface area contributed by atoms with Crippen LogP contribution in [0.3, 0.4) is 0 Å². The Labute approximate surface area is 102 Å². The molecule has 86 valence electrons. The van der Waals surface area contributed by atoms with Gasteiger partial charge in [-0.15, -0.1) is 0 Å². The number of amides is 1. The highest BCUT2D eigenvalue weighted by Crippen LogP contribution is 2.30. The van der Waals surface area contributed by atoms with Gasteiger partial charge in [0.15, 0.2) is 0 Å². The molecule has 1 unspecified atom stereocenters. The fraction of sp³-hybridized carbons (Fsp3) is 0.364. The van der Waals surface area contributed by atoms with Crippen LogP contribution in [0.15, 0.2) is 22.7 Å². The van der Waals surface area contributed by atoms with Crippen LogP contribution in [-0.4, -0.2) is 25.5 Å². The number of benzene rings is 1. The highest BCUT2D eigenvalue weighted by atomic mass is 79.9. The Balaban J connectivity index is 2.32. The van der Waals surface area contributed by atoms with Crippen LogP contribution < -0.4 is 10.2 Å². The summed E-state index contributed by atoms with van der Waals surface area (Å²) in [6, 6.07) is 4.20. The van der Waals surface area contributed by atoms with E-state index >= 15 is 0 Å². The van der Waals surface area contributed by atoms with E-state index < -0.39 is 0 Å². The van der Waals surface area contributed by atoms with E-state index in [1.807, 2.05) is 0 Å². The van der Waals surface area contributed by atoms with Crippen LogP contribution in [-0.2, 0) is 4.79 Å². The Morgan fingerprint density at radius 1 is 1.56 bits per heavy atom. The van der Waals surface area contributed by atoms with E-state index in [-0.39, 0.29) is 17.8 Å². The molecule has 16 heavy (non-hydrogen) atoms. The summed E-state index contributed by atoms with van der Waals surface area (Å²) in [5.41, 5.74) is 0.600. The fourth-order valence-corrected chi connectivity index (χ4v) is 2.34. The summed E-state index contributed by atoms with van der Waals surface area (Å²) in [5, 5.41) is 2.95. The van der Waals surface area contributed by atoms with Gasteiger partial charge >= 0.3 is 0 Å². The molecule has 1 aliphatic heterocycles. The molecule has 2 rings (SSSR count). The van der Waals surface area contributed by atoms with Gasteiger partial charge < -0.3 is 10.2 Å². The lowest BCUT2D eigenvalue weighted by Crippen LogP contribution is -2.36.